The van der Waals surface area contributed by atoms with Crippen molar-refractivity contribution in [2.24, 2.45) is 0 Å². The summed E-state index contributed by atoms with van der Waals surface area (Å²) in [6, 6.07) is 39.7. The van der Waals surface area contributed by atoms with Gasteiger partial charge in [0.15, 0.2) is 0 Å². The van der Waals surface area contributed by atoms with E-state index in [2.05, 4.69) is 109 Å². The van der Waals surface area contributed by atoms with Crippen LogP contribution in [0.1, 0.15) is 11.1 Å². The minimum absolute atomic E-state index is 0.969. The molecule has 142 valence electrons. The topological polar surface area (TPSA) is 0 Å². The molecule has 0 fully saturated rings. The highest BCUT2D eigenvalue weighted by atomic mass is 32.1. The van der Waals surface area contributed by atoms with Gasteiger partial charge in [-0.1, -0.05) is 84.9 Å². The third-order valence-corrected chi connectivity index (χ3v) is 7.01. The fourth-order valence-corrected chi connectivity index (χ4v) is 5.51. The monoisotopic (exact) mass is 400 g/mol. The van der Waals surface area contributed by atoms with Crippen molar-refractivity contribution in [3.05, 3.63) is 120 Å². The molecule has 30 heavy (non-hydrogen) atoms. The number of rotatable bonds is 3. The van der Waals surface area contributed by atoms with Gasteiger partial charge >= 0.3 is 0 Å². The molecule has 0 aliphatic carbocycles. The SMILES string of the molecule is c1ccc(Cc2ccc3sc4ccc5cc(-c6ccccc6)ccc5c4c3c2)cc1. The molecule has 6 rings (SSSR count). The van der Waals surface area contributed by atoms with Gasteiger partial charge in [0.25, 0.3) is 0 Å². The zero-order chi connectivity index (χ0) is 19.9. The summed E-state index contributed by atoms with van der Waals surface area (Å²) in [4.78, 5) is 0. The van der Waals surface area contributed by atoms with Gasteiger partial charge in [-0.15, -0.1) is 11.3 Å². The maximum absolute atomic E-state index is 2.39. The normalized spacial score (nSPS) is 11.5. The summed E-state index contributed by atoms with van der Waals surface area (Å²) in [7, 11) is 0. The predicted molar refractivity (Wildman–Crippen MR) is 132 cm³/mol. The van der Waals surface area contributed by atoms with E-state index in [1.54, 1.807) is 0 Å². The summed E-state index contributed by atoms with van der Waals surface area (Å²) >= 11 is 1.89. The molecule has 1 heterocycles. The van der Waals surface area contributed by atoms with Crippen molar-refractivity contribution in [3.8, 4) is 11.1 Å². The Kier molecular flexibility index (Phi) is 4.14. The maximum atomic E-state index is 2.39. The van der Waals surface area contributed by atoms with Crippen LogP contribution < -0.4 is 0 Å². The number of fused-ring (bicyclic) bond motifs is 5. The Balaban J connectivity index is 1.53. The molecule has 0 amide bonds. The van der Waals surface area contributed by atoms with E-state index >= 15 is 0 Å². The van der Waals surface area contributed by atoms with Crippen molar-refractivity contribution in [1.29, 1.82) is 0 Å². The van der Waals surface area contributed by atoms with Crippen LogP contribution in [0.5, 0.6) is 0 Å². The van der Waals surface area contributed by atoms with Gasteiger partial charge < -0.3 is 0 Å². The van der Waals surface area contributed by atoms with Crippen LogP contribution in [-0.2, 0) is 6.42 Å². The van der Waals surface area contributed by atoms with E-state index in [1.807, 2.05) is 11.3 Å². The van der Waals surface area contributed by atoms with Gasteiger partial charge in [-0.3, -0.25) is 0 Å². The van der Waals surface area contributed by atoms with E-state index in [9.17, 15) is 0 Å². The Morgan fingerprint density at radius 2 is 1.27 bits per heavy atom. The Labute approximate surface area is 180 Å². The Bertz CT molecular complexity index is 1490. The third-order valence-electron chi connectivity index (χ3n) is 5.87. The lowest BCUT2D eigenvalue weighted by Gasteiger charge is -2.06. The highest BCUT2D eigenvalue weighted by Crippen LogP contribution is 2.40. The number of hydrogen-bond acceptors (Lipinski definition) is 1. The summed E-state index contributed by atoms with van der Waals surface area (Å²) in [5.74, 6) is 0. The highest BCUT2D eigenvalue weighted by Gasteiger charge is 2.11. The standard InChI is InChI=1S/C29H20S/c1-3-7-20(8-4-1)17-21-11-15-27-26(18-21)29-25-14-12-23(22-9-5-2-6-10-22)19-24(25)13-16-28(29)30-27/h1-16,18-19H,17H2. The van der Waals surface area contributed by atoms with E-state index in [0.717, 1.165) is 6.42 Å². The lowest BCUT2D eigenvalue weighted by atomic mass is 9.97. The van der Waals surface area contributed by atoms with Crippen LogP contribution in [0.4, 0.5) is 0 Å². The first-order valence-electron chi connectivity index (χ1n) is 10.3. The smallest absolute Gasteiger partial charge is 0.0361 e. The van der Waals surface area contributed by atoms with Gasteiger partial charge in [0, 0.05) is 20.2 Å². The van der Waals surface area contributed by atoms with Gasteiger partial charge in [-0.05, 0) is 63.7 Å². The molecule has 0 unspecified atom stereocenters. The molecule has 6 aromatic rings. The van der Waals surface area contributed by atoms with Crippen LogP contribution in [0.3, 0.4) is 0 Å². The van der Waals surface area contributed by atoms with Crippen molar-refractivity contribution in [2.75, 3.05) is 0 Å². The van der Waals surface area contributed by atoms with Crippen LogP contribution in [0.25, 0.3) is 42.1 Å². The van der Waals surface area contributed by atoms with Gasteiger partial charge in [-0.25, -0.2) is 0 Å². The van der Waals surface area contributed by atoms with E-state index < -0.39 is 0 Å². The molecule has 1 heteroatoms. The van der Waals surface area contributed by atoms with Crippen LogP contribution in [-0.4, -0.2) is 0 Å². The summed E-state index contributed by atoms with van der Waals surface area (Å²) < 4.78 is 2.73. The van der Waals surface area contributed by atoms with Gasteiger partial charge in [0.2, 0.25) is 0 Å². The van der Waals surface area contributed by atoms with E-state index in [4.69, 9.17) is 0 Å². The Morgan fingerprint density at radius 1 is 0.500 bits per heavy atom. The first-order valence-corrected chi connectivity index (χ1v) is 11.1. The zero-order valence-corrected chi connectivity index (χ0v) is 17.3. The van der Waals surface area contributed by atoms with E-state index in [1.165, 1.54) is 53.2 Å². The molecule has 0 nitrogen and oxygen atoms in total. The molecule has 0 aliphatic rings. The molecular formula is C29H20S. The quantitative estimate of drug-likeness (QED) is 0.279. The summed E-state index contributed by atoms with van der Waals surface area (Å²) in [6.07, 6.45) is 0.969. The van der Waals surface area contributed by atoms with Crippen molar-refractivity contribution in [3.63, 3.8) is 0 Å². The lowest BCUT2D eigenvalue weighted by molar-refractivity contribution is 1.20. The van der Waals surface area contributed by atoms with Crippen molar-refractivity contribution in [2.45, 2.75) is 6.42 Å². The largest absolute Gasteiger partial charge is 0.135 e. The summed E-state index contributed by atoms with van der Waals surface area (Å²) in [5, 5.41) is 5.41. The molecule has 1 aromatic heterocycles. The lowest BCUT2D eigenvalue weighted by Crippen LogP contribution is -1.87. The molecule has 0 saturated carbocycles. The highest BCUT2D eigenvalue weighted by molar-refractivity contribution is 7.26. The first-order chi connectivity index (χ1) is 14.8. The number of benzene rings is 5. The number of hydrogen-bond donors (Lipinski definition) is 0. The molecular weight excluding hydrogens is 380 g/mol. The molecule has 0 bridgehead atoms. The zero-order valence-electron chi connectivity index (χ0n) is 16.5. The van der Waals surface area contributed by atoms with Crippen molar-refractivity contribution < 1.29 is 0 Å². The Hall–Kier alpha value is -3.42. The maximum Gasteiger partial charge on any atom is 0.0361 e. The van der Waals surface area contributed by atoms with Crippen LogP contribution in [0.15, 0.2) is 109 Å². The molecule has 0 N–H and O–H groups in total. The fourth-order valence-electron chi connectivity index (χ4n) is 4.40. The van der Waals surface area contributed by atoms with Crippen molar-refractivity contribution in [1.82, 2.24) is 0 Å². The average molecular weight is 401 g/mol. The molecule has 0 atom stereocenters. The van der Waals surface area contributed by atoms with E-state index in [-0.39, 0.29) is 0 Å². The second-order valence-electron chi connectivity index (χ2n) is 7.84. The van der Waals surface area contributed by atoms with Crippen LogP contribution in [0, 0.1) is 0 Å². The minimum atomic E-state index is 0.969. The third kappa shape index (κ3) is 2.99. The van der Waals surface area contributed by atoms with E-state index in [0.29, 0.717) is 0 Å². The molecule has 0 aliphatic heterocycles. The van der Waals surface area contributed by atoms with Crippen LogP contribution in [0.2, 0.25) is 0 Å². The summed E-state index contributed by atoms with van der Waals surface area (Å²) in [5.41, 5.74) is 5.26. The molecule has 0 spiro atoms. The second kappa shape index (κ2) is 7.12. The summed E-state index contributed by atoms with van der Waals surface area (Å²) in [6.45, 7) is 0. The second-order valence-corrected chi connectivity index (χ2v) is 8.92. The van der Waals surface area contributed by atoms with Gasteiger partial charge in [-0.2, -0.15) is 0 Å². The average Bonchev–Trinajstić information content (AvgIpc) is 3.18. The molecule has 0 saturated heterocycles. The first kappa shape index (κ1) is 17.4. The van der Waals surface area contributed by atoms with Gasteiger partial charge in [0.05, 0.1) is 0 Å². The Morgan fingerprint density at radius 3 is 2.10 bits per heavy atom. The predicted octanol–water partition coefficient (Wildman–Crippen LogP) is 8.47. The fraction of sp³-hybridized carbons (Fsp3) is 0.0345. The molecule has 5 aromatic carbocycles. The van der Waals surface area contributed by atoms with Gasteiger partial charge in [0.1, 0.15) is 0 Å². The van der Waals surface area contributed by atoms with Crippen LogP contribution >= 0.6 is 11.3 Å². The van der Waals surface area contributed by atoms with Crippen molar-refractivity contribution >= 4 is 42.3 Å². The number of thiophene rings is 1. The minimum Gasteiger partial charge on any atom is -0.135 e. The molecule has 0 radical (unpaired) electrons.